The monoisotopic (exact) mass is 228 g/mol. The smallest absolute Gasteiger partial charge is 0.133 e. The van der Waals surface area contributed by atoms with Crippen LogP contribution in [0.5, 0.6) is 0 Å². The summed E-state index contributed by atoms with van der Waals surface area (Å²) in [6.07, 6.45) is 7.89. The summed E-state index contributed by atoms with van der Waals surface area (Å²) in [5, 5.41) is 0. The van der Waals surface area contributed by atoms with Gasteiger partial charge in [0.15, 0.2) is 0 Å². The summed E-state index contributed by atoms with van der Waals surface area (Å²) in [5.74, 6) is 1.10. The Labute approximate surface area is 103 Å². The van der Waals surface area contributed by atoms with Crippen molar-refractivity contribution in [3.05, 3.63) is 35.9 Å². The molecule has 2 saturated carbocycles. The number of hydrogen-bond acceptors (Lipinski definition) is 1. The molecule has 90 valence electrons. The number of benzene rings is 1. The summed E-state index contributed by atoms with van der Waals surface area (Å²) in [6.45, 7) is 0. The van der Waals surface area contributed by atoms with Gasteiger partial charge in [-0.15, -0.1) is 0 Å². The summed E-state index contributed by atoms with van der Waals surface area (Å²) in [7, 11) is 0. The maximum Gasteiger partial charge on any atom is 0.133 e. The van der Waals surface area contributed by atoms with Gasteiger partial charge in [0.1, 0.15) is 5.78 Å². The molecule has 0 unspecified atom stereocenters. The topological polar surface area (TPSA) is 17.1 Å². The van der Waals surface area contributed by atoms with E-state index in [0.717, 1.165) is 19.3 Å². The van der Waals surface area contributed by atoms with Gasteiger partial charge < -0.3 is 0 Å². The van der Waals surface area contributed by atoms with Crippen LogP contribution in [-0.2, 0) is 10.2 Å². The van der Waals surface area contributed by atoms with E-state index in [2.05, 4.69) is 30.3 Å². The predicted octanol–water partition coefficient (Wildman–Crippen LogP) is 3.87. The Bertz CT molecular complexity index is 409. The zero-order valence-electron chi connectivity index (χ0n) is 10.3. The molecule has 1 aromatic carbocycles. The molecular weight excluding hydrogens is 208 g/mol. The van der Waals surface area contributed by atoms with Crippen molar-refractivity contribution in [2.75, 3.05) is 0 Å². The van der Waals surface area contributed by atoms with Gasteiger partial charge in [0.25, 0.3) is 0 Å². The molecule has 3 rings (SSSR count). The van der Waals surface area contributed by atoms with Gasteiger partial charge in [0.2, 0.25) is 0 Å². The molecule has 1 nitrogen and oxygen atoms in total. The van der Waals surface area contributed by atoms with Crippen molar-refractivity contribution in [2.24, 2.45) is 5.92 Å². The van der Waals surface area contributed by atoms with E-state index in [9.17, 15) is 4.79 Å². The van der Waals surface area contributed by atoms with Gasteiger partial charge in [-0.25, -0.2) is 0 Å². The third-order valence-electron chi connectivity index (χ3n) is 4.88. The minimum absolute atomic E-state index is 0.327. The standard InChI is InChI=1S/C16H20O/c17-15-9-11-16(13-6-2-1-3-7-13)10-5-4-8-14(16)12-15/h1-3,6-7,14H,4-5,8-12H2/t14-,16+/m0/s1. The van der Waals surface area contributed by atoms with Crippen molar-refractivity contribution in [3.63, 3.8) is 0 Å². The summed E-state index contributed by atoms with van der Waals surface area (Å²) in [5.41, 5.74) is 1.81. The molecule has 0 aliphatic heterocycles. The zero-order chi connectivity index (χ0) is 11.7. The van der Waals surface area contributed by atoms with E-state index >= 15 is 0 Å². The lowest BCUT2D eigenvalue weighted by Crippen LogP contribution is -2.43. The molecule has 1 aromatic rings. The lowest BCUT2D eigenvalue weighted by Gasteiger charge is -2.47. The van der Waals surface area contributed by atoms with E-state index < -0.39 is 0 Å². The van der Waals surface area contributed by atoms with Gasteiger partial charge in [0, 0.05) is 12.8 Å². The number of carbonyl (C=O) groups is 1. The van der Waals surface area contributed by atoms with Gasteiger partial charge in [-0.2, -0.15) is 0 Å². The SMILES string of the molecule is O=C1CC[C@@]2(c3ccccc3)CCCC[C@H]2C1. The average Bonchev–Trinajstić information content (AvgIpc) is 2.40. The van der Waals surface area contributed by atoms with Crippen molar-refractivity contribution in [3.8, 4) is 0 Å². The summed E-state index contributed by atoms with van der Waals surface area (Å²) >= 11 is 0. The molecule has 0 aromatic heterocycles. The van der Waals surface area contributed by atoms with Gasteiger partial charge >= 0.3 is 0 Å². The van der Waals surface area contributed by atoms with Gasteiger partial charge in [-0.3, -0.25) is 4.79 Å². The van der Waals surface area contributed by atoms with Crippen LogP contribution >= 0.6 is 0 Å². The molecule has 17 heavy (non-hydrogen) atoms. The molecule has 0 spiro atoms. The van der Waals surface area contributed by atoms with Gasteiger partial charge in [-0.1, -0.05) is 43.2 Å². The molecule has 2 aliphatic carbocycles. The Morgan fingerprint density at radius 2 is 1.88 bits per heavy atom. The fourth-order valence-electron chi connectivity index (χ4n) is 3.97. The van der Waals surface area contributed by atoms with E-state index in [1.165, 1.54) is 31.2 Å². The minimum Gasteiger partial charge on any atom is -0.300 e. The normalized spacial score (nSPS) is 33.2. The van der Waals surface area contributed by atoms with Crippen molar-refractivity contribution in [1.82, 2.24) is 0 Å². The van der Waals surface area contributed by atoms with Crippen LogP contribution in [0.25, 0.3) is 0 Å². The highest BCUT2D eigenvalue weighted by atomic mass is 16.1. The molecule has 0 saturated heterocycles. The molecule has 2 aliphatic rings. The van der Waals surface area contributed by atoms with Crippen LogP contribution in [-0.4, -0.2) is 5.78 Å². The minimum atomic E-state index is 0.327. The number of carbonyl (C=O) groups excluding carboxylic acids is 1. The van der Waals surface area contributed by atoms with Crippen molar-refractivity contribution in [2.45, 2.75) is 50.4 Å². The second-order valence-electron chi connectivity index (χ2n) is 5.71. The van der Waals surface area contributed by atoms with Crippen LogP contribution in [0.15, 0.2) is 30.3 Å². The first-order chi connectivity index (χ1) is 8.31. The van der Waals surface area contributed by atoms with E-state index in [1.807, 2.05) is 0 Å². The fourth-order valence-corrected chi connectivity index (χ4v) is 3.97. The highest BCUT2D eigenvalue weighted by molar-refractivity contribution is 5.80. The van der Waals surface area contributed by atoms with Crippen molar-refractivity contribution >= 4 is 5.78 Å². The summed E-state index contributed by atoms with van der Waals surface area (Å²) in [4.78, 5) is 11.7. The quantitative estimate of drug-likeness (QED) is 0.713. The highest BCUT2D eigenvalue weighted by Crippen LogP contribution is 2.51. The number of ketones is 1. The van der Waals surface area contributed by atoms with Crippen LogP contribution in [0.4, 0.5) is 0 Å². The first-order valence-corrected chi connectivity index (χ1v) is 6.88. The molecule has 0 bridgehead atoms. The highest BCUT2D eigenvalue weighted by Gasteiger charge is 2.45. The summed E-state index contributed by atoms with van der Waals surface area (Å²) < 4.78 is 0. The maximum atomic E-state index is 11.7. The lowest BCUT2D eigenvalue weighted by atomic mass is 9.56. The average molecular weight is 228 g/mol. The Morgan fingerprint density at radius 3 is 2.71 bits per heavy atom. The van der Waals surface area contributed by atoms with Crippen LogP contribution in [0.3, 0.4) is 0 Å². The van der Waals surface area contributed by atoms with Crippen LogP contribution in [0, 0.1) is 5.92 Å². The van der Waals surface area contributed by atoms with Crippen molar-refractivity contribution in [1.29, 1.82) is 0 Å². The third kappa shape index (κ3) is 1.82. The molecule has 1 heteroatoms. The fraction of sp³-hybridized carbons (Fsp3) is 0.562. The van der Waals surface area contributed by atoms with Crippen LogP contribution in [0.2, 0.25) is 0 Å². The second kappa shape index (κ2) is 4.29. The molecule has 2 fully saturated rings. The Kier molecular flexibility index (Phi) is 2.78. The first kappa shape index (κ1) is 11.0. The maximum absolute atomic E-state index is 11.7. The first-order valence-electron chi connectivity index (χ1n) is 6.88. The number of fused-ring (bicyclic) bond motifs is 1. The zero-order valence-corrected chi connectivity index (χ0v) is 10.3. The Morgan fingerprint density at radius 1 is 1.06 bits per heavy atom. The number of rotatable bonds is 1. The molecule has 0 N–H and O–H groups in total. The summed E-state index contributed by atoms with van der Waals surface area (Å²) in [6, 6.07) is 10.9. The van der Waals surface area contributed by atoms with E-state index in [4.69, 9.17) is 0 Å². The number of Topliss-reactive ketones (excluding diaryl/α,β-unsaturated/α-hetero) is 1. The van der Waals surface area contributed by atoms with E-state index in [1.54, 1.807) is 0 Å². The molecular formula is C16H20O. The van der Waals surface area contributed by atoms with E-state index in [-0.39, 0.29) is 0 Å². The molecule has 2 atom stereocenters. The Hall–Kier alpha value is -1.11. The molecule has 0 radical (unpaired) electrons. The molecule has 0 amide bonds. The molecule has 0 heterocycles. The van der Waals surface area contributed by atoms with Crippen molar-refractivity contribution < 1.29 is 4.79 Å². The Balaban J connectivity index is 1.99. The largest absolute Gasteiger partial charge is 0.300 e. The van der Waals surface area contributed by atoms with Crippen LogP contribution in [0.1, 0.15) is 50.5 Å². The van der Waals surface area contributed by atoms with Gasteiger partial charge in [-0.05, 0) is 36.2 Å². The number of hydrogen-bond donors (Lipinski definition) is 0. The van der Waals surface area contributed by atoms with E-state index in [0.29, 0.717) is 17.1 Å². The lowest BCUT2D eigenvalue weighted by molar-refractivity contribution is -0.124. The van der Waals surface area contributed by atoms with Gasteiger partial charge in [0.05, 0.1) is 0 Å². The van der Waals surface area contributed by atoms with Crippen LogP contribution < -0.4 is 0 Å². The third-order valence-corrected chi connectivity index (χ3v) is 4.88. The second-order valence-corrected chi connectivity index (χ2v) is 5.71. The predicted molar refractivity (Wildman–Crippen MR) is 68.9 cm³/mol.